The molecular formula is C12H24N2O2. The Hall–Kier alpha value is -0.610. The van der Waals surface area contributed by atoms with Gasteiger partial charge in [-0.15, -0.1) is 0 Å². The molecule has 0 unspecified atom stereocenters. The molecular weight excluding hydrogens is 204 g/mol. The van der Waals surface area contributed by atoms with Crippen LogP contribution < -0.4 is 5.73 Å². The van der Waals surface area contributed by atoms with Crippen molar-refractivity contribution in [1.82, 2.24) is 4.90 Å². The van der Waals surface area contributed by atoms with E-state index in [0.29, 0.717) is 26.1 Å². The van der Waals surface area contributed by atoms with Gasteiger partial charge in [0.15, 0.2) is 0 Å². The van der Waals surface area contributed by atoms with E-state index in [2.05, 4.69) is 6.92 Å². The van der Waals surface area contributed by atoms with Crippen LogP contribution in [0.4, 0.5) is 0 Å². The van der Waals surface area contributed by atoms with Gasteiger partial charge >= 0.3 is 0 Å². The van der Waals surface area contributed by atoms with Gasteiger partial charge in [-0.25, -0.2) is 0 Å². The van der Waals surface area contributed by atoms with Crippen molar-refractivity contribution in [2.45, 2.75) is 51.0 Å². The largest absolute Gasteiger partial charge is 0.386 e. The number of carbonyl (C=O) groups excluding carboxylic acids is 1. The quantitative estimate of drug-likeness (QED) is 0.636. The standard InChI is InChI=1S/C12H24N2O2/c1-2-7-12(16)9-14(10-12)11(15)6-4-3-5-8-13/h16H,2-10,13H2,1H3. The normalized spacial score (nSPS) is 18.3. The number of hydrogen-bond acceptors (Lipinski definition) is 3. The third-order valence-electron chi connectivity index (χ3n) is 3.13. The Labute approximate surface area is 97.8 Å². The van der Waals surface area contributed by atoms with Crippen molar-refractivity contribution >= 4 is 5.91 Å². The van der Waals surface area contributed by atoms with Crippen LogP contribution in [0.15, 0.2) is 0 Å². The van der Waals surface area contributed by atoms with Crippen LogP contribution >= 0.6 is 0 Å². The van der Waals surface area contributed by atoms with Crippen molar-refractivity contribution in [1.29, 1.82) is 0 Å². The first-order valence-corrected chi connectivity index (χ1v) is 6.31. The molecule has 0 bridgehead atoms. The highest BCUT2D eigenvalue weighted by Crippen LogP contribution is 2.26. The van der Waals surface area contributed by atoms with Crippen LogP contribution in [0.25, 0.3) is 0 Å². The van der Waals surface area contributed by atoms with Crippen molar-refractivity contribution in [2.75, 3.05) is 19.6 Å². The van der Waals surface area contributed by atoms with E-state index in [4.69, 9.17) is 5.73 Å². The molecule has 1 rings (SSSR count). The first kappa shape index (κ1) is 13.5. The molecule has 16 heavy (non-hydrogen) atoms. The first-order chi connectivity index (χ1) is 7.61. The van der Waals surface area contributed by atoms with Gasteiger partial charge in [0.1, 0.15) is 0 Å². The van der Waals surface area contributed by atoms with Gasteiger partial charge in [0.2, 0.25) is 5.91 Å². The summed E-state index contributed by atoms with van der Waals surface area (Å²) in [6, 6.07) is 0. The third kappa shape index (κ3) is 3.76. The lowest BCUT2D eigenvalue weighted by Gasteiger charge is -2.46. The molecule has 0 aromatic carbocycles. The smallest absolute Gasteiger partial charge is 0.222 e. The Balaban J connectivity index is 2.12. The highest BCUT2D eigenvalue weighted by atomic mass is 16.3. The minimum absolute atomic E-state index is 0.179. The van der Waals surface area contributed by atoms with Crippen LogP contribution in [-0.4, -0.2) is 41.1 Å². The number of likely N-dealkylation sites (tertiary alicyclic amines) is 1. The molecule has 1 amide bonds. The Bertz CT molecular complexity index is 225. The number of hydrogen-bond donors (Lipinski definition) is 2. The van der Waals surface area contributed by atoms with Crippen molar-refractivity contribution in [3.05, 3.63) is 0 Å². The van der Waals surface area contributed by atoms with E-state index in [0.717, 1.165) is 32.1 Å². The highest BCUT2D eigenvalue weighted by Gasteiger charge is 2.42. The second-order valence-electron chi connectivity index (χ2n) is 4.82. The van der Waals surface area contributed by atoms with Crippen LogP contribution in [0, 0.1) is 0 Å². The Morgan fingerprint density at radius 1 is 1.38 bits per heavy atom. The van der Waals surface area contributed by atoms with E-state index in [-0.39, 0.29) is 5.91 Å². The number of rotatable bonds is 7. The first-order valence-electron chi connectivity index (χ1n) is 6.31. The summed E-state index contributed by atoms with van der Waals surface area (Å²) in [6.07, 6.45) is 5.29. The number of nitrogens with zero attached hydrogens (tertiary/aromatic N) is 1. The maximum atomic E-state index is 11.7. The zero-order valence-corrected chi connectivity index (χ0v) is 10.2. The second kappa shape index (κ2) is 6.21. The molecule has 1 saturated heterocycles. The minimum Gasteiger partial charge on any atom is -0.386 e. The van der Waals surface area contributed by atoms with E-state index in [1.165, 1.54) is 0 Å². The summed E-state index contributed by atoms with van der Waals surface area (Å²) in [5.41, 5.74) is 4.79. The maximum absolute atomic E-state index is 11.7. The van der Waals surface area contributed by atoms with E-state index in [1.807, 2.05) is 0 Å². The van der Waals surface area contributed by atoms with Gasteiger partial charge in [-0.2, -0.15) is 0 Å². The lowest BCUT2D eigenvalue weighted by Crippen LogP contribution is -2.63. The van der Waals surface area contributed by atoms with Crippen molar-refractivity contribution < 1.29 is 9.90 Å². The molecule has 0 aliphatic carbocycles. The molecule has 1 heterocycles. The number of β-amino-alcohol motifs (C(OH)–C–C–N with tert-alkyl or cyclic N) is 1. The zero-order chi connectivity index (χ0) is 12.0. The van der Waals surface area contributed by atoms with Gasteiger partial charge in [0, 0.05) is 6.42 Å². The number of aliphatic hydroxyl groups is 1. The van der Waals surface area contributed by atoms with Crippen LogP contribution in [0.5, 0.6) is 0 Å². The van der Waals surface area contributed by atoms with Gasteiger partial charge < -0.3 is 15.7 Å². The average Bonchev–Trinajstić information content (AvgIpc) is 2.21. The summed E-state index contributed by atoms with van der Waals surface area (Å²) < 4.78 is 0. The predicted molar refractivity (Wildman–Crippen MR) is 64.0 cm³/mol. The van der Waals surface area contributed by atoms with Gasteiger partial charge in [0.25, 0.3) is 0 Å². The van der Waals surface area contributed by atoms with Crippen LogP contribution in [0.3, 0.4) is 0 Å². The minimum atomic E-state index is -0.596. The van der Waals surface area contributed by atoms with Crippen LogP contribution in [0.1, 0.15) is 45.4 Å². The summed E-state index contributed by atoms with van der Waals surface area (Å²) in [6.45, 7) is 3.80. The molecule has 4 nitrogen and oxygen atoms in total. The van der Waals surface area contributed by atoms with E-state index in [9.17, 15) is 9.90 Å². The van der Waals surface area contributed by atoms with E-state index < -0.39 is 5.60 Å². The molecule has 3 N–H and O–H groups in total. The molecule has 0 aromatic rings. The summed E-state index contributed by atoms with van der Waals surface area (Å²) >= 11 is 0. The summed E-state index contributed by atoms with van der Waals surface area (Å²) in [7, 11) is 0. The number of amides is 1. The number of nitrogens with two attached hydrogens (primary N) is 1. The predicted octanol–water partition coefficient (Wildman–Crippen LogP) is 0.879. The SMILES string of the molecule is CCCC1(O)CN(C(=O)CCCCCN)C1. The Morgan fingerprint density at radius 2 is 2.06 bits per heavy atom. The van der Waals surface area contributed by atoms with Gasteiger partial charge in [-0.05, 0) is 25.8 Å². The second-order valence-corrected chi connectivity index (χ2v) is 4.82. The van der Waals surface area contributed by atoms with Gasteiger partial charge in [-0.3, -0.25) is 4.79 Å². The maximum Gasteiger partial charge on any atom is 0.222 e. The lowest BCUT2D eigenvalue weighted by molar-refractivity contribution is -0.156. The van der Waals surface area contributed by atoms with Crippen LogP contribution in [-0.2, 0) is 4.79 Å². The molecule has 4 heteroatoms. The lowest BCUT2D eigenvalue weighted by atomic mass is 9.89. The number of unbranched alkanes of at least 4 members (excludes halogenated alkanes) is 2. The third-order valence-corrected chi connectivity index (χ3v) is 3.13. The zero-order valence-electron chi connectivity index (χ0n) is 10.2. The molecule has 0 atom stereocenters. The van der Waals surface area contributed by atoms with Gasteiger partial charge in [0.05, 0.1) is 18.7 Å². The Morgan fingerprint density at radius 3 is 2.62 bits per heavy atom. The van der Waals surface area contributed by atoms with Crippen molar-refractivity contribution in [3.8, 4) is 0 Å². The summed E-state index contributed by atoms with van der Waals surface area (Å²) in [4.78, 5) is 13.4. The summed E-state index contributed by atoms with van der Waals surface area (Å²) in [5, 5.41) is 9.93. The fourth-order valence-electron chi connectivity index (χ4n) is 2.22. The summed E-state index contributed by atoms with van der Waals surface area (Å²) in [5.74, 6) is 0.179. The molecule has 1 aliphatic heterocycles. The molecule has 0 saturated carbocycles. The van der Waals surface area contributed by atoms with E-state index in [1.54, 1.807) is 4.90 Å². The molecule has 1 fully saturated rings. The van der Waals surface area contributed by atoms with Crippen molar-refractivity contribution in [3.63, 3.8) is 0 Å². The molecule has 0 aromatic heterocycles. The van der Waals surface area contributed by atoms with Crippen molar-refractivity contribution in [2.24, 2.45) is 5.73 Å². The van der Waals surface area contributed by atoms with Crippen LogP contribution in [0.2, 0.25) is 0 Å². The molecule has 1 aliphatic rings. The Kier molecular flexibility index (Phi) is 5.22. The highest BCUT2D eigenvalue weighted by molar-refractivity contribution is 5.77. The fourth-order valence-corrected chi connectivity index (χ4v) is 2.22. The molecule has 0 radical (unpaired) electrons. The van der Waals surface area contributed by atoms with E-state index >= 15 is 0 Å². The monoisotopic (exact) mass is 228 g/mol. The number of carbonyl (C=O) groups is 1. The fraction of sp³-hybridized carbons (Fsp3) is 0.917. The molecule has 94 valence electrons. The van der Waals surface area contributed by atoms with Gasteiger partial charge in [-0.1, -0.05) is 19.8 Å². The molecule has 0 spiro atoms. The average molecular weight is 228 g/mol. The topological polar surface area (TPSA) is 66.6 Å².